The summed E-state index contributed by atoms with van der Waals surface area (Å²) in [6.07, 6.45) is 3.47. The highest BCUT2D eigenvalue weighted by molar-refractivity contribution is 5.32. The lowest BCUT2D eigenvalue weighted by molar-refractivity contribution is 0.653. The van der Waals surface area contributed by atoms with Crippen molar-refractivity contribution >= 4 is 0 Å². The Morgan fingerprint density at radius 3 is 2.17 bits per heavy atom. The minimum atomic E-state index is 0.642. The second kappa shape index (κ2) is 6.39. The van der Waals surface area contributed by atoms with Gasteiger partial charge in [-0.3, -0.25) is 0 Å². The lowest BCUT2D eigenvalue weighted by Gasteiger charge is -2.18. The Kier molecular flexibility index (Phi) is 4.58. The van der Waals surface area contributed by atoms with E-state index >= 15 is 0 Å². The molecule has 1 unspecified atom stereocenters. The molecule has 0 heterocycles. The van der Waals surface area contributed by atoms with Gasteiger partial charge in [0.25, 0.3) is 0 Å². The van der Waals surface area contributed by atoms with Crippen molar-refractivity contribution in [2.75, 3.05) is 0 Å². The predicted molar refractivity (Wildman–Crippen MR) is 79.0 cm³/mol. The van der Waals surface area contributed by atoms with Crippen molar-refractivity contribution in [1.29, 1.82) is 0 Å². The fraction of sp³-hybridized carbons (Fsp3) is 0.333. The van der Waals surface area contributed by atoms with Crippen molar-refractivity contribution in [3.8, 4) is 0 Å². The molecule has 18 heavy (non-hydrogen) atoms. The summed E-state index contributed by atoms with van der Waals surface area (Å²) in [6.45, 7) is 4.54. The van der Waals surface area contributed by atoms with Gasteiger partial charge in [0, 0.05) is 0 Å². The van der Waals surface area contributed by atoms with Crippen molar-refractivity contribution in [2.24, 2.45) is 0 Å². The third-order valence-electron chi connectivity index (χ3n) is 3.69. The summed E-state index contributed by atoms with van der Waals surface area (Å²) in [5.41, 5.74) is 4.47. The molecule has 0 saturated heterocycles. The largest absolute Gasteiger partial charge is 0.0648 e. The van der Waals surface area contributed by atoms with E-state index in [0.717, 1.165) is 12.8 Å². The quantitative estimate of drug-likeness (QED) is 0.688. The zero-order chi connectivity index (χ0) is 12.8. The number of hydrogen-bond donors (Lipinski definition) is 0. The van der Waals surface area contributed by atoms with Gasteiger partial charge in [0.05, 0.1) is 0 Å². The first-order valence-corrected chi connectivity index (χ1v) is 6.96. The molecule has 1 atom stereocenters. The molecule has 0 aliphatic rings. The molecule has 0 fully saturated rings. The molecule has 2 aromatic carbocycles. The second-order valence-electron chi connectivity index (χ2n) is 4.85. The van der Waals surface area contributed by atoms with Crippen LogP contribution in [0.5, 0.6) is 0 Å². The molecule has 0 saturated carbocycles. The van der Waals surface area contributed by atoms with Gasteiger partial charge in [0.1, 0.15) is 0 Å². The molecule has 2 aromatic rings. The van der Waals surface area contributed by atoms with E-state index in [-0.39, 0.29) is 0 Å². The first-order valence-electron chi connectivity index (χ1n) is 6.96. The van der Waals surface area contributed by atoms with Crippen LogP contribution in [0.1, 0.15) is 42.9 Å². The third kappa shape index (κ3) is 3.01. The predicted octanol–water partition coefficient (Wildman–Crippen LogP) is 4.99. The van der Waals surface area contributed by atoms with Crippen molar-refractivity contribution < 1.29 is 0 Å². The van der Waals surface area contributed by atoms with Crippen LogP contribution in [-0.2, 0) is 12.8 Å². The number of hydrogen-bond acceptors (Lipinski definition) is 0. The van der Waals surface area contributed by atoms with Gasteiger partial charge < -0.3 is 0 Å². The summed E-state index contributed by atoms with van der Waals surface area (Å²) in [5.74, 6) is 0.642. The molecular formula is C18H22. The Bertz CT molecular complexity index is 470. The highest BCUT2D eigenvalue weighted by Crippen LogP contribution is 2.27. The molecular weight excluding hydrogens is 216 g/mol. The van der Waals surface area contributed by atoms with Gasteiger partial charge in [-0.25, -0.2) is 0 Å². The van der Waals surface area contributed by atoms with E-state index in [4.69, 9.17) is 0 Å². The molecule has 0 aliphatic heterocycles. The van der Waals surface area contributed by atoms with Gasteiger partial charge in [-0.15, -0.1) is 0 Å². The SMILES string of the molecule is CCc1ccccc1C(CC)Cc1ccccc1. The third-order valence-corrected chi connectivity index (χ3v) is 3.69. The maximum absolute atomic E-state index is 2.30. The average molecular weight is 238 g/mol. The monoisotopic (exact) mass is 238 g/mol. The smallest absolute Gasteiger partial charge is 0.0121 e. The topological polar surface area (TPSA) is 0 Å². The number of benzene rings is 2. The Morgan fingerprint density at radius 2 is 1.50 bits per heavy atom. The van der Waals surface area contributed by atoms with Crippen LogP contribution in [0.3, 0.4) is 0 Å². The molecule has 94 valence electrons. The molecule has 0 spiro atoms. The van der Waals surface area contributed by atoms with E-state index in [1.165, 1.54) is 23.1 Å². The molecule has 0 aliphatic carbocycles. The number of aryl methyl sites for hydroxylation is 1. The van der Waals surface area contributed by atoms with Crippen LogP contribution < -0.4 is 0 Å². The molecule has 0 heteroatoms. The summed E-state index contributed by atoms with van der Waals surface area (Å²) in [4.78, 5) is 0. The molecule has 0 radical (unpaired) electrons. The molecule has 0 amide bonds. The van der Waals surface area contributed by atoms with Crippen LogP contribution in [0.15, 0.2) is 54.6 Å². The first kappa shape index (κ1) is 12.9. The van der Waals surface area contributed by atoms with Crippen LogP contribution in [-0.4, -0.2) is 0 Å². The van der Waals surface area contributed by atoms with Gasteiger partial charge in [-0.05, 0) is 41.9 Å². The van der Waals surface area contributed by atoms with Crippen molar-refractivity contribution in [2.45, 2.75) is 39.0 Å². The minimum Gasteiger partial charge on any atom is -0.0648 e. The van der Waals surface area contributed by atoms with E-state index in [2.05, 4.69) is 68.4 Å². The first-order chi connectivity index (χ1) is 8.85. The Labute approximate surface area is 111 Å². The summed E-state index contributed by atoms with van der Waals surface area (Å²) in [6, 6.07) is 19.7. The van der Waals surface area contributed by atoms with Gasteiger partial charge in [-0.1, -0.05) is 68.4 Å². The Balaban J connectivity index is 2.23. The van der Waals surface area contributed by atoms with Crippen LogP contribution in [0.2, 0.25) is 0 Å². The number of rotatable bonds is 5. The van der Waals surface area contributed by atoms with E-state index in [1.54, 1.807) is 0 Å². The lowest BCUT2D eigenvalue weighted by Crippen LogP contribution is -2.05. The standard InChI is InChI=1S/C18H22/c1-3-16-12-8-9-13-18(16)17(4-2)14-15-10-6-5-7-11-15/h5-13,17H,3-4,14H2,1-2H3. The van der Waals surface area contributed by atoms with Crippen molar-refractivity contribution in [3.05, 3.63) is 71.3 Å². The van der Waals surface area contributed by atoms with Gasteiger partial charge in [0.15, 0.2) is 0 Å². The zero-order valence-corrected chi connectivity index (χ0v) is 11.4. The van der Waals surface area contributed by atoms with Crippen LogP contribution >= 0.6 is 0 Å². The Morgan fingerprint density at radius 1 is 0.833 bits per heavy atom. The molecule has 0 nitrogen and oxygen atoms in total. The summed E-state index contributed by atoms with van der Waals surface area (Å²) >= 11 is 0. The van der Waals surface area contributed by atoms with Gasteiger partial charge in [-0.2, -0.15) is 0 Å². The second-order valence-corrected chi connectivity index (χ2v) is 4.85. The molecule has 2 rings (SSSR count). The Hall–Kier alpha value is -1.56. The minimum absolute atomic E-state index is 0.642. The maximum atomic E-state index is 2.30. The molecule has 0 aromatic heterocycles. The highest BCUT2D eigenvalue weighted by atomic mass is 14.2. The maximum Gasteiger partial charge on any atom is -0.0121 e. The fourth-order valence-electron chi connectivity index (χ4n) is 2.63. The van der Waals surface area contributed by atoms with Crippen LogP contribution in [0, 0.1) is 0 Å². The highest BCUT2D eigenvalue weighted by Gasteiger charge is 2.12. The van der Waals surface area contributed by atoms with E-state index in [0.29, 0.717) is 5.92 Å². The summed E-state index contributed by atoms with van der Waals surface area (Å²) in [7, 11) is 0. The van der Waals surface area contributed by atoms with E-state index in [9.17, 15) is 0 Å². The summed E-state index contributed by atoms with van der Waals surface area (Å²) in [5, 5.41) is 0. The molecule has 0 bridgehead atoms. The zero-order valence-electron chi connectivity index (χ0n) is 11.4. The average Bonchev–Trinajstić information content (AvgIpc) is 2.46. The lowest BCUT2D eigenvalue weighted by atomic mass is 9.86. The van der Waals surface area contributed by atoms with Gasteiger partial charge in [0.2, 0.25) is 0 Å². The fourth-order valence-corrected chi connectivity index (χ4v) is 2.63. The van der Waals surface area contributed by atoms with Crippen molar-refractivity contribution in [1.82, 2.24) is 0 Å². The van der Waals surface area contributed by atoms with Crippen LogP contribution in [0.4, 0.5) is 0 Å². The van der Waals surface area contributed by atoms with Crippen molar-refractivity contribution in [3.63, 3.8) is 0 Å². The normalized spacial score (nSPS) is 12.3. The summed E-state index contributed by atoms with van der Waals surface area (Å²) < 4.78 is 0. The van der Waals surface area contributed by atoms with Gasteiger partial charge >= 0.3 is 0 Å². The van der Waals surface area contributed by atoms with Crippen LogP contribution in [0.25, 0.3) is 0 Å². The van der Waals surface area contributed by atoms with E-state index < -0.39 is 0 Å². The van der Waals surface area contributed by atoms with E-state index in [1.807, 2.05) is 0 Å². The molecule has 0 N–H and O–H groups in total.